The fourth-order valence-electron chi connectivity index (χ4n) is 2.64. The van der Waals surface area contributed by atoms with E-state index in [2.05, 4.69) is 22.4 Å². The van der Waals surface area contributed by atoms with Gasteiger partial charge in [0.1, 0.15) is 5.75 Å². The summed E-state index contributed by atoms with van der Waals surface area (Å²) in [5, 5.41) is 3.29. The highest BCUT2D eigenvalue weighted by Crippen LogP contribution is 2.43. The first kappa shape index (κ1) is 13.3. The molecule has 3 rings (SSSR count). The highest BCUT2D eigenvalue weighted by Gasteiger charge is 2.38. The van der Waals surface area contributed by atoms with Crippen molar-refractivity contribution in [1.82, 2.24) is 5.32 Å². The first-order valence-corrected chi connectivity index (χ1v) is 7.59. The maximum absolute atomic E-state index is 5.95. The molecule has 4 heteroatoms. The Kier molecular flexibility index (Phi) is 3.81. The van der Waals surface area contributed by atoms with Gasteiger partial charge in [-0.1, -0.05) is 12.1 Å². The van der Waals surface area contributed by atoms with Crippen LogP contribution in [0.1, 0.15) is 44.1 Å². The van der Waals surface area contributed by atoms with Crippen LogP contribution in [0.2, 0.25) is 0 Å². The second kappa shape index (κ2) is 5.73. The summed E-state index contributed by atoms with van der Waals surface area (Å²) in [5.74, 6) is 2.07. The molecule has 2 saturated carbocycles. The minimum absolute atomic E-state index is 0.348. The summed E-state index contributed by atoms with van der Waals surface area (Å²) in [6.45, 7) is 2.70. The molecule has 0 heterocycles. The quantitative estimate of drug-likeness (QED) is 0.639. The summed E-state index contributed by atoms with van der Waals surface area (Å²) in [6, 6.07) is 9.26. The second-order valence-electron chi connectivity index (χ2n) is 5.70. The van der Waals surface area contributed by atoms with Crippen molar-refractivity contribution in [3.63, 3.8) is 0 Å². The van der Waals surface area contributed by atoms with Gasteiger partial charge in [-0.15, -0.1) is 0 Å². The lowest BCUT2D eigenvalue weighted by atomic mass is 9.93. The Bertz CT molecular complexity index is 479. The lowest BCUT2D eigenvalue weighted by Crippen LogP contribution is -2.43. The van der Waals surface area contributed by atoms with Crippen molar-refractivity contribution in [3.05, 3.63) is 29.8 Å². The van der Waals surface area contributed by atoms with E-state index in [0.29, 0.717) is 30.6 Å². The van der Waals surface area contributed by atoms with Gasteiger partial charge in [0.15, 0.2) is 5.96 Å². The number of nitrogens with two attached hydrogens (primary N) is 1. The van der Waals surface area contributed by atoms with E-state index in [-0.39, 0.29) is 0 Å². The Hall–Kier alpha value is -1.71. The van der Waals surface area contributed by atoms with E-state index in [9.17, 15) is 0 Å². The van der Waals surface area contributed by atoms with Gasteiger partial charge in [-0.2, -0.15) is 0 Å². The van der Waals surface area contributed by atoms with Crippen LogP contribution in [-0.2, 0) is 0 Å². The second-order valence-corrected chi connectivity index (χ2v) is 5.70. The zero-order valence-corrected chi connectivity index (χ0v) is 12.0. The fraction of sp³-hybridized carbons (Fsp3) is 0.562. The summed E-state index contributed by atoms with van der Waals surface area (Å²) in [5.41, 5.74) is 7.28. The standard InChI is InChI=1S/C16H23N3O/c1-2-20-13-8-6-11(7-9-13)14-10-15(14)19-16(17)18-12-4-3-5-12/h6-9,12,14-15H,2-5,10H2,1H3,(H3,17,18,19)/t14-,15+/m0/s1. The Morgan fingerprint density at radius 3 is 2.70 bits per heavy atom. The molecule has 1 aromatic rings. The molecule has 108 valence electrons. The Labute approximate surface area is 120 Å². The van der Waals surface area contributed by atoms with E-state index < -0.39 is 0 Å². The fourth-order valence-corrected chi connectivity index (χ4v) is 2.64. The number of rotatable bonds is 5. The third-order valence-electron chi connectivity index (χ3n) is 4.14. The number of hydrogen-bond donors (Lipinski definition) is 2. The summed E-state index contributed by atoms with van der Waals surface area (Å²) in [7, 11) is 0. The van der Waals surface area contributed by atoms with Crippen LogP contribution in [0.25, 0.3) is 0 Å². The average Bonchev–Trinajstić information content (AvgIpc) is 3.14. The molecule has 2 aliphatic rings. The molecule has 2 atom stereocenters. The monoisotopic (exact) mass is 273 g/mol. The summed E-state index contributed by atoms with van der Waals surface area (Å²) < 4.78 is 5.46. The van der Waals surface area contributed by atoms with E-state index in [1.807, 2.05) is 19.1 Å². The number of guanidine groups is 1. The van der Waals surface area contributed by atoms with E-state index in [1.165, 1.54) is 24.8 Å². The van der Waals surface area contributed by atoms with E-state index in [1.54, 1.807) is 0 Å². The molecular formula is C16H23N3O. The highest BCUT2D eigenvalue weighted by molar-refractivity contribution is 5.78. The zero-order valence-electron chi connectivity index (χ0n) is 12.0. The van der Waals surface area contributed by atoms with Crippen molar-refractivity contribution in [3.8, 4) is 5.75 Å². The van der Waals surface area contributed by atoms with Crippen LogP contribution in [-0.4, -0.2) is 24.7 Å². The largest absolute Gasteiger partial charge is 0.494 e. The topological polar surface area (TPSA) is 59.6 Å². The third kappa shape index (κ3) is 3.06. The van der Waals surface area contributed by atoms with Crippen molar-refractivity contribution in [2.75, 3.05) is 6.61 Å². The van der Waals surface area contributed by atoms with Crippen LogP contribution in [0, 0.1) is 0 Å². The van der Waals surface area contributed by atoms with Gasteiger partial charge in [-0.3, -0.25) is 0 Å². The average molecular weight is 273 g/mol. The molecule has 4 nitrogen and oxygen atoms in total. The molecule has 0 amide bonds. The van der Waals surface area contributed by atoms with Crippen LogP contribution < -0.4 is 15.8 Å². The molecule has 0 bridgehead atoms. The maximum Gasteiger partial charge on any atom is 0.189 e. The predicted octanol–water partition coefficient (Wildman–Crippen LogP) is 2.40. The van der Waals surface area contributed by atoms with Crippen molar-refractivity contribution in [2.45, 2.75) is 50.6 Å². The molecule has 2 aliphatic carbocycles. The molecule has 20 heavy (non-hydrogen) atoms. The number of nitrogens with zero attached hydrogens (tertiary/aromatic N) is 1. The minimum atomic E-state index is 0.348. The Morgan fingerprint density at radius 2 is 2.10 bits per heavy atom. The van der Waals surface area contributed by atoms with Gasteiger partial charge in [-0.05, 0) is 50.3 Å². The molecule has 3 N–H and O–H groups in total. The predicted molar refractivity (Wildman–Crippen MR) is 81.2 cm³/mol. The number of nitrogens with one attached hydrogen (secondary N) is 1. The van der Waals surface area contributed by atoms with Crippen LogP contribution in [0.5, 0.6) is 5.75 Å². The van der Waals surface area contributed by atoms with Crippen LogP contribution in [0.15, 0.2) is 29.3 Å². The van der Waals surface area contributed by atoms with Crippen LogP contribution in [0.3, 0.4) is 0 Å². The third-order valence-corrected chi connectivity index (χ3v) is 4.14. The number of ether oxygens (including phenoxy) is 1. The molecule has 0 radical (unpaired) electrons. The lowest BCUT2D eigenvalue weighted by Gasteiger charge is -2.26. The minimum Gasteiger partial charge on any atom is -0.494 e. The molecule has 0 saturated heterocycles. The van der Waals surface area contributed by atoms with E-state index >= 15 is 0 Å². The van der Waals surface area contributed by atoms with Gasteiger partial charge in [0.2, 0.25) is 0 Å². The maximum atomic E-state index is 5.95. The van der Waals surface area contributed by atoms with Crippen LogP contribution in [0.4, 0.5) is 0 Å². The number of aliphatic imine (C=N–C) groups is 1. The lowest BCUT2D eigenvalue weighted by molar-refractivity contribution is 0.340. The highest BCUT2D eigenvalue weighted by atomic mass is 16.5. The SMILES string of the molecule is CCOc1ccc([C@@H]2C[C@H]2N=C(N)NC2CCC2)cc1. The smallest absolute Gasteiger partial charge is 0.189 e. The van der Waals surface area contributed by atoms with Crippen LogP contribution >= 0.6 is 0 Å². The van der Waals surface area contributed by atoms with Gasteiger partial charge in [0.25, 0.3) is 0 Å². The number of benzene rings is 1. The molecule has 2 fully saturated rings. The molecule has 0 aliphatic heterocycles. The summed E-state index contributed by atoms with van der Waals surface area (Å²) in [6.07, 6.45) is 4.86. The van der Waals surface area contributed by atoms with Gasteiger partial charge in [0.05, 0.1) is 12.6 Å². The zero-order chi connectivity index (χ0) is 13.9. The van der Waals surface area contributed by atoms with Gasteiger partial charge < -0.3 is 15.8 Å². The van der Waals surface area contributed by atoms with E-state index in [0.717, 1.165) is 12.2 Å². The summed E-state index contributed by atoms with van der Waals surface area (Å²) >= 11 is 0. The molecule has 0 unspecified atom stereocenters. The first-order chi connectivity index (χ1) is 9.76. The van der Waals surface area contributed by atoms with Gasteiger partial charge >= 0.3 is 0 Å². The first-order valence-electron chi connectivity index (χ1n) is 7.59. The van der Waals surface area contributed by atoms with Crippen molar-refractivity contribution < 1.29 is 4.74 Å². The normalized spacial score (nSPS) is 25.9. The Balaban J connectivity index is 1.53. The summed E-state index contributed by atoms with van der Waals surface area (Å²) in [4.78, 5) is 4.58. The molecule has 1 aromatic carbocycles. The molecule has 0 aromatic heterocycles. The molecule has 0 spiro atoms. The van der Waals surface area contributed by atoms with Gasteiger partial charge in [0, 0.05) is 12.0 Å². The van der Waals surface area contributed by atoms with Crippen molar-refractivity contribution in [2.24, 2.45) is 10.7 Å². The van der Waals surface area contributed by atoms with E-state index in [4.69, 9.17) is 10.5 Å². The Morgan fingerprint density at radius 1 is 1.35 bits per heavy atom. The van der Waals surface area contributed by atoms with Crippen molar-refractivity contribution in [1.29, 1.82) is 0 Å². The van der Waals surface area contributed by atoms with Crippen molar-refractivity contribution >= 4 is 5.96 Å². The molecular weight excluding hydrogens is 250 g/mol. The number of hydrogen-bond acceptors (Lipinski definition) is 2. The van der Waals surface area contributed by atoms with Gasteiger partial charge in [-0.25, -0.2) is 4.99 Å².